The molecule has 2 aliphatic rings. The van der Waals surface area contributed by atoms with E-state index in [9.17, 15) is 14.7 Å². The van der Waals surface area contributed by atoms with Gasteiger partial charge >= 0.3 is 6.09 Å². The number of piperidine rings is 1. The van der Waals surface area contributed by atoms with Crippen LogP contribution in [0.25, 0.3) is 11.4 Å². The van der Waals surface area contributed by atoms with E-state index in [2.05, 4.69) is 9.97 Å². The van der Waals surface area contributed by atoms with E-state index in [1.54, 1.807) is 24.4 Å². The molecule has 0 bridgehead atoms. The van der Waals surface area contributed by atoms with Crippen LogP contribution in [0.2, 0.25) is 0 Å². The fourth-order valence-electron chi connectivity index (χ4n) is 4.79. The van der Waals surface area contributed by atoms with Gasteiger partial charge < -0.3 is 24.4 Å². The number of nitrogens with zero attached hydrogens (tertiary/aromatic N) is 5. The number of carbonyl (C=O) groups excluding carboxylic acids is 2. The topological polar surface area (TPSA) is 108 Å². The van der Waals surface area contributed by atoms with E-state index < -0.39 is 11.8 Å². The third kappa shape index (κ3) is 7.52. The van der Waals surface area contributed by atoms with Crippen LogP contribution in [0.15, 0.2) is 36.7 Å². The van der Waals surface area contributed by atoms with Gasteiger partial charge in [0, 0.05) is 56.8 Å². The number of likely N-dealkylation sites (tertiary alicyclic amines) is 1. The van der Waals surface area contributed by atoms with E-state index >= 15 is 0 Å². The van der Waals surface area contributed by atoms with Gasteiger partial charge in [0.1, 0.15) is 11.8 Å². The number of rotatable bonds is 9. The van der Waals surface area contributed by atoms with Crippen molar-refractivity contribution < 1.29 is 24.2 Å². The average molecular weight is 540 g/mol. The highest BCUT2D eigenvalue weighted by Crippen LogP contribution is 2.33. The Bertz CT molecular complexity index is 1110. The van der Waals surface area contributed by atoms with E-state index in [0.717, 1.165) is 36.8 Å². The monoisotopic (exact) mass is 539 g/mol. The molecule has 1 aromatic heterocycles. The molecule has 212 valence electrons. The van der Waals surface area contributed by atoms with Crippen molar-refractivity contribution in [1.29, 1.82) is 0 Å². The Morgan fingerprint density at radius 1 is 1.05 bits per heavy atom. The summed E-state index contributed by atoms with van der Waals surface area (Å²) in [5, 5.41) is 10.5. The van der Waals surface area contributed by atoms with Gasteiger partial charge in [-0.1, -0.05) is 24.3 Å². The lowest BCUT2D eigenvalue weighted by molar-refractivity contribution is 0.00629. The van der Waals surface area contributed by atoms with Crippen molar-refractivity contribution in [1.82, 2.24) is 24.7 Å². The second kappa shape index (κ2) is 12.4. The molecule has 1 atom stereocenters. The van der Waals surface area contributed by atoms with E-state index in [0.29, 0.717) is 37.6 Å². The first-order chi connectivity index (χ1) is 18.6. The van der Waals surface area contributed by atoms with Crippen molar-refractivity contribution in [3.63, 3.8) is 0 Å². The van der Waals surface area contributed by atoms with E-state index in [4.69, 9.17) is 9.47 Å². The summed E-state index contributed by atoms with van der Waals surface area (Å²) in [5.74, 6) is 0.460. The number of aromatic nitrogens is 2. The molecule has 39 heavy (non-hydrogen) atoms. The predicted molar refractivity (Wildman–Crippen MR) is 147 cm³/mol. The van der Waals surface area contributed by atoms with Gasteiger partial charge in [0.05, 0.1) is 12.2 Å². The SMILES string of the molecule is COCCN(C)C(O)c1ccc(-c2ncc(C(=O)N(C3CC3)C3CCN(C(=O)OC(C)(C)C)CC3)cn2)cc1. The van der Waals surface area contributed by atoms with Crippen molar-refractivity contribution in [3.8, 4) is 11.4 Å². The van der Waals surface area contributed by atoms with Gasteiger partial charge in [0.25, 0.3) is 5.91 Å². The second-order valence-corrected chi connectivity index (χ2v) is 11.4. The molecule has 2 fully saturated rings. The van der Waals surface area contributed by atoms with E-state index in [1.165, 1.54) is 0 Å². The minimum atomic E-state index is -0.737. The Kier molecular flexibility index (Phi) is 9.19. The molecule has 1 aromatic carbocycles. The molecule has 1 N–H and O–H groups in total. The molecule has 2 heterocycles. The van der Waals surface area contributed by atoms with Crippen LogP contribution in [0.5, 0.6) is 0 Å². The zero-order valence-corrected chi connectivity index (χ0v) is 23.7. The minimum Gasteiger partial charge on any atom is -0.444 e. The van der Waals surface area contributed by atoms with E-state index in [-0.39, 0.29) is 24.1 Å². The fraction of sp³-hybridized carbons (Fsp3) is 0.586. The molecule has 10 nitrogen and oxygen atoms in total. The standard InChI is InChI=1S/C29H41N5O5/c1-29(2,3)39-28(37)33-14-12-24(13-15-33)34(23-10-11-23)27(36)22-18-30-25(31-19-22)20-6-8-21(9-7-20)26(35)32(4)16-17-38-5/h6-9,18-19,23-24,26,35H,10-17H2,1-5H3. The summed E-state index contributed by atoms with van der Waals surface area (Å²) in [4.78, 5) is 40.5. The number of ether oxygens (including phenoxy) is 2. The minimum absolute atomic E-state index is 0.0580. The van der Waals surface area contributed by atoms with Gasteiger partial charge in [-0.25, -0.2) is 14.8 Å². The Morgan fingerprint density at radius 2 is 1.64 bits per heavy atom. The maximum atomic E-state index is 13.5. The lowest BCUT2D eigenvalue weighted by Gasteiger charge is -2.39. The van der Waals surface area contributed by atoms with Crippen LogP contribution < -0.4 is 0 Å². The number of methoxy groups -OCH3 is 1. The van der Waals surface area contributed by atoms with Gasteiger partial charge in [-0.2, -0.15) is 0 Å². The summed E-state index contributed by atoms with van der Waals surface area (Å²) >= 11 is 0. The molecule has 1 aliphatic heterocycles. The number of carbonyl (C=O) groups is 2. The normalized spacial score (nSPS) is 17.3. The Morgan fingerprint density at radius 3 is 2.18 bits per heavy atom. The lowest BCUT2D eigenvalue weighted by Crippen LogP contribution is -2.50. The molecule has 1 saturated carbocycles. The summed E-state index contributed by atoms with van der Waals surface area (Å²) in [6.07, 6.45) is 5.59. The summed E-state index contributed by atoms with van der Waals surface area (Å²) < 4.78 is 10.6. The van der Waals surface area contributed by atoms with Crippen LogP contribution in [0.4, 0.5) is 4.79 Å². The highest BCUT2D eigenvalue weighted by Gasteiger charge is 2.40. The zero-order chi connectivity index (χ0) is 28.2. The van der Waals surface area contributed by atoms with Crippen LogP contribution in [0.1, 0.15) is 68.6 Å². The molecule has 0 spiro atoms. The molecular formula is C29H41N5O5. The van der Waals surface area contributed by atoms with Crippen LogP contribution in [0, 0.1) is 0 Å². The van der Waals surface area contributed by atoms with Gasteiger partial charge in [0.15, 0.2) is 5.82 Å². The molecule has 1 aliphatic carbocycles. The Hall–Kier alpha value is -3.08. The fourth-order valence-corrected chi connectivity index (χ4v) is 4.79. The number of likely N-dealkylation sites (N-methyl/N-ethyl adjacent to an activating group) is 1. The highest BCUT2D eigenvalue weighted by atomic mass is 16.6. The lowest BCUT2D eigenvalue weighted by atomic mass is 10.0. The van der Waals surface area contributed by atoms with Crippen LogP contribution in [-0.2, 0) is 9.47 Å². The number of hydrogen-bond acceptors (Lipinski definition) is 8. The molecule has 2 amide bonds. The van der Waals surface area contributed by atoms with Crippen LogP contribution in [0.3, 0.4) is 0 Å². The number of hydrogen-bond donors (Lipinski definition) is 1. The quantitative estimate of drug-likeness (QED) is 0.481. The Labute approximate surface area is 230 Å². The summed E-state index contributed by atoms with van der Waals surface area (Å²) in [5.41, 5.74) is 1.51. The average Bonchev–Trinajstić information content (AvgIpc) is 3.76. The first-order valence-electron chi connectivity index (χ1n) is 13.7. The third-order valence-electron chi connectivity index (χ3n) is 7.12. The third-order valence-corrected chi connectivity index (χ3v) is 7.12. The first-order valence-corrected chi connectivity index (χ1v) is 13.7. The maximum Gasteiger partial charge on any atom is 0.410 e. The molecule has 2 aromatic rings. The highest BCUT2D eigenvalue weighted by molar-refractivity contribution is 5.94. The largest absolute Gasteiger partial charge is 0.444 e. The molecule has 1 unspecified atom stereocenters. The molecule has 1 saturated heterocycles. The predicted octanol–water partition coefficient (Wildman–Crippen LogP) is 3.72. The molecule has 4 rings (SSSR count). The number of amides is 2. The van der Waals surface area contributed by atoms with Gasteiger partial charge in [-0.15, -0.1) is 0 Å². The number of aliphatic hydroxyl groups is 1. The smallest absolute Gasteiger partial charge is 0.410 e. The van der Waals surface area contributed by atoms with Crippen LogP contribution in [-0.4, -0.2) is 99.9 Å². The van der Waals surface area contributed by atoms with Crippen molar-refractivity contribution in [3.05, 3.63) is 47.8 Å². The van der Waals surface area contributed by atoms with Gasteiger partial charge in [-0.3, -0.25) is 9.69 Å². The van der Waals surface area contributed by atoms with E-state index in [1.807, 2.05) is 61.9 Å². The maximum absolute atomic E-state index is 13.5. The van der Waals surface area contributed by atoms with Crippen molar-refractivity contribution >= 4 is 12.0 Å². The van der Waals surface area contributed by atoms with Gasteiger partial charge in [-0.05, 0) is 59.1 Å². The molecule has 0 radical (unpaired) electrons. The first kappa shape index (κ1) is 28.9. The molecular weight excluding hydrogens is 498 g/mol. The zero-order valence-electron chi connectivity index (χ0n) is 23.7. The second-order valence-electron chi connectivity index (χ2n) is 11.4. The van der Waals surface area contributed by atoms with Crippen LogP contribution >= 0.6 is 0 Å². The Balaban J connectivity index is 1.38. The number of benzene rings is 1. The van der Waals surface area contributed by atoms with Crippen molar-refractivity contribution in [2.75, 3.05) is 40.4 Å². The summed E-state index contributed by atoms with van der Waals surface area (Å²) in [6.45, 7) is 7.87. The van der Waals surface area contributed by atoms with Crippen molar-refractivity contribution in [2.45, 2.75) is 70.4 Å². The summed E-state index contributed by atoms with van der Waals surface area (Å²) in [7, 11) is 3.47. The van der Waals surface area contributed by atoms with Gasteiger partial charge in [0.2, 0.25) is 0 Å². The summed E-state index contributed by atoms with van der Waals surface area (Å²) in [6, 6.07) is 7.75. The molecule has 10 heteroatoms. The van der Waals surface area contributed by atoms with Crippen molar-refractivity contribution in [2.24, 2.45) is 0 Å². The number of aliphatic hydroxyl groups excluding tert-OH is 1.